The molecular weight excluding hydrogens is 261 g/mol. The van der Waals surface area contributed by atoms with E-state index in [1.807, 2.05) is 0 Å². The first-order chi connectivity index (χ1) is 9.59. The molecule has 106 valence electrons. The number of hydrogen-bond donors (Lipinski definition) is 1. The number of halogens is 1. The van der Waals surface area contributed by atoms with Gasteiger partial charge >= 0.3 is 0 Å². The second kappa shape index (κ2) is 4.85. The summed E-state index contributed by atoms with van der Waals surface area (Å²) in [6.45, 7) is 0.485. The summed E-state index contributed by atoms with van der Waals surface area (Å²) in [6, 6.07) is 0.728. The van der Waals surface area contributed by atoms with Gasteiger partial charge in [-0.1, -0.05) is 6.42 Å². The summed E-state index contributed by atoms with van der Waals surface area (Å²) < 4.78 is 13.7. The highest BCUT2D eigenvalue weighted by molar-refractivity contribution is 5.98. The number of likely N-dealkylation sites (tertiary alicyclic amines) is 1. The molecule has 2 heterocycles. The molecule has 2 amide bonds. The summed E-state index contributed by atoms with van der Waals surface area (Å²) >= 11 is 0. The first kappa shape index (κ1) is 13.0. The van der Waals surface area contributed by atoms with Crippen LogP contribution >= 0.6 is 0 Å². The Labute approximate surface area is 116 Å². The molecule has 0 radical (unpaired) electrons. The minimum atomic E-state index is -0.669. The number of aromatic nitrogens is 1. The van der Waals surface area contributed by atoms with Gasteiger partial charge in [-0.2, -0.15) is 0 Å². The smallest absolute Gasteiger partial charge is 0.257 e. The Morgan fingerprint density at radius 2 is 2.20 bits per heavy atom. The van der Waals surface area contributed by atoms with E-state index in [-0.39, 0.29) is 11.5 Å². The molecule has 2 fully saturated rings. The Hall–Kier alpha value is -1.98. The fourth-order valence-electron chi connectivity index (χ4n) is 3.58. The van der Waals surface area contributed by atoms with Crippen molar-refractivity contribution in [1.82, 2.24) is 9.88 Å². The van der Waals surface area contributed by atoms with E-state index in [0.29, 0.717) is 12.5 Å². The van der Waals surface area contributed by atoms with Crippen molar-refractivity contribution >= 4 is 11.8 Å². The molecule has 3 rings (SSSR count). The third-order valence-corrected chi connectivity index (χ3v) is 4.45. The number of primary amides is 1. The van der Waals surface area contributed by atoms with Gasteiger partial charge < -0.3 is 10.6 Å². The van der Waals surface area contributed by atoms with E-state index in [4.69, 9.17) is 5.73 Å². The molecule has 0 bridgehead atoms. The van der Waals surface area contributed by atoms with Crippen LogP contribution in [0.15, 0.2) is 18.5 Å². The van der Waals surface area contributed by atoms with Gasteiger partial charge in [-0.15, -0.1) is 0 Å². The zero-order valence-electron chi connectivity index (χ0n) is 11.0. The summed E-state index contributed by atoms with van der Waals surface area (Å²) in [5, 5.41) is 0. The van der Waals surface area contributed by atoms with Crippen molar-refractivity contribution in [3.8, 4) is 0 Å². The first-order valence-corrected chi connectivity index (χ1v) is 6.79. The molecule has 20 heavy (non-hydrogen) atoms. The van der Waals surface area contributed by atoms with Crippen molar-refractivity contribution in [3.05, 3.63) is 29.8 Å². The Morgan fingerprint density at radius 3 is 2.90 bits per heavy atom. The van der Waals surface area contributed by atoms with Gasteiger partial charge in [-0.25, -0.2) is 4.39 Å². The maximum atomic E-state index is 13.7. The molecule has 2 aliphatic rings. The Kier molecular flexibility index (Phi) is 3.16. The largest absolute Gasteiger partial charge is 0.368 e. The van der Waals surface area contributed by atoms with Crippen LogP contribution in [0, 0.1) is 17.7 Å². The molecule has 3 atom stereocenters. The highest BCUT2D eigenvalue weighted by Gasteiger charge is 2.48. The maximum Gasteiger partial charge on any atom is 0.257 e. The third kappa shape index (κ3) is 1.95. The number of rotatable bonds is 2. The van der Waals surface area contributed by atoms with Gasteiger partial charge in [0, 0.05) is 12.7 Å². The monoisotopic (exact) mass is 277 g/mol. The van der Waals surface area contributed by atoms with Crippen LogP contribution in [0.1, 0.15) is 29.6 Å². The summed E-state index contributed by atoms with van der Waals surface area (Å²) in [7, 11) is 0. The molecular formula is C14H16FN3O2. The standard InChI is InChI=1S/C14H16FN3O2/c15-11-6-17-5-4-10(11)14(20)18-7-8-2-1-3-9(8)12(18)13(16)19/h4-6,8-9,12H,1-3,7H2,(H2,16,19). The maximum absolute atomic E-state index is 13.7. The lowest BCUT2D eigenvalue weighted by Gasteiger charge is -2.25. The summed E-state index contributed by atoms with van der Waals surface area (Å²) in [6.07, 6.45) is 5.33. The average Bonchev–Trinajstić information content (AvgIpc) is 2.97. The van der Waals surface area contributed by atoms with Crippen LogP contribution in [-0.4, -0.2) is 34.3 Å². The molecule has 1 aliphatic heterocycles. The number of hydrogen-bond acceptors (Lipinski definition) is 3. The number of carbonyl (C=O) groups excluding carboxylic acids is 2. The summed E-state index contributed by atoms with van der Waals surface area (Å²) in [5.41, 5.74) is 5.41. The van der Waals surface area contributed by atoms with Crippen LogP contribution in [0.25, 0.3) is 0 Å². The van der Waals surface area contributed by atoms with Gasteiger partial charge in [0.15, 0.2) is 5.82 Å². The van der Waals surface area contributed by atoms with Gasteiger partial charge in [0.25, 0.3) is 5.91 Å². The number of nitrogens with two attached hydrogens (primary N) is 1. The molecule has 5 nitrogen and oxygen atoms in total. The van der Waals surface area contributed by atoms with E-state index >= 15 is 0 Å². The molecule has 2 N–H and O–H groups in total. The minimum absolute atomic E-state index is 0.0498. The van der Waals surface area contributed by atoms with Crippen LogP contribution in [0.3, 0.4) is 0 Å². The fourth-order valence-corrected chi connectivity index (χ4v) is 3.58. The highest BCUT2D eigenvalue weighted by atomic mass is 19.1. The van der Waals surface area contributed by atoms with Crippen LogP contribution in [-0.2, 0) is 4.79 Å². The topological polar surface area (TPSA) is 76.3 Å². The molecule has 1 saturated heterocycles. The molecule has 1 aliphatic carbocycles. The van der Waals surface area contributed by atoms with Crippen molar-refractivity contribution in [2.24, 2.45) is 17.6 Å². The lowest BCUT2D eigenvalue weighted by atomic mass is 9.93. The molecule has 1 saturated carbocycles. The quantitative estimate of drug-likeness (QED) is 0.874. The second-order valence-electron chi connectivity index (χ2n) is 5.52. The van der Waals surface area contributed by atoms with E-state index < -0.39 is 23.7 Å². The van der Waals surface area contributed by atoms with Crippen LogP contribution in [0.2, 0.25) is 0 Å². The predicted molar refractivity (Wildman–Crippen MR) is 69.0 cm³/mol. The molecule has 6 heteroatoms. The zero-order valence-corrected chi connectivity index (χ0v) is 11.0. The van der Waals surface area contributed by atoms with Crippen molar-refractivity contribution < 1.29 is 14.0 Å². The molecule has 3 unspecified atom stereocenters. The Bertz CT molecular complexity index is 563. The van der Waals surface area contributed by atoms with Gasteiger partial charge in [0.05, 0.1) is 11.8 Å². The van der Waals surface area contributed by atoms with Gasteiger partial charge in [-0.3, -0.25) is 14.6 Å². The van der Waals surface area contributed by atoms with Gasteiger partial charge in [0.1, 0.15) is 6.04 Å². The number of pyridine rings is 1. The van der Waals surface area contributed by atoms with E-state index in [2.05, 4.69) is 4.98 Å². The van der Waals surface area contributed by atoms with Crippen molar-refractivity contribution in [1.29, 1.82) is 0 Å². The molecule has 1 aromatic heterocycles. The highest BCUT2D eigenvalue weighted by Crippen LogP contribution is 2.42. The number of carbonyl (C=O) groups is 2. The molecule has 1 aromatic rings. The third-order valence-electron chi connectivity index (χ3n) is 4.45. The minimum Gasteiger partial charge on any atom is -0.368 e. The molecule has 0 aromatic carbocycles. The Balaban J connectivity index is 1.91. The van der Waals surface area contributed by atoms with E-state index in [1.165, 1.54) is 17.2 Å². The first-order valence-electron chi connectivity index (χ1n) is 6.79. The van der Waals surface area contributed by atoms with Crippen molar-refractivity contribution in [3.63, 3.8) is 0 Å². The zero-order chi connectivity index (χ0) is 14.3. The molecule has 0 spiro atoms. The summed E-state index contributed by atoms with van der Waals surface area (Å²) in [4.78, 5) is 29.2. The normalized spacial score (nSPS) is 28.4. The number of amides is 2. The number of fused-ring (bicyclic) bond motifs is 1. The van der Waals surface area contributed by atoms with Crippen molar-refractivity contribution in [2.45, 2.75) is 25.3 Å². The van der Waals surface area contributed by atoms with Gasteiger partial charge in [-0.05, 0) is 30.7 Å². The van der Waals surface area contributed by atoms with E-state index in [9.17, 15) is 14.0 Å². The van der Waals surface area contributed by atoms with Crippen LogP contribution in [0.5, 0.6) is 0 Å². The average molecular weight is 277 g/mol. The number of nitrogens with zero attached hydrogens (tertiary/aromatic N) is 2. The SMILES string of the molecule is NC(=O)C1C2CCCC2CN1C(=O)c1ccncc1F. The summed E-state index contributed by atoms with van der Waals surface area (Å²) in [5.74, 6) is -1.20. The van der Waals surface area contributed by atoms with E-state index in [0.717, 1.165) is 25.5 Å². The van der Waals surface area contributed by atoms with Crippen LogP contribution in [0.4, 0.5) is 4.39 Å². The van der Waals surface area contributed by atoms with Crippen LogP contribution < -0.4 is 5.73 Å². The predicted octanol–water partition coefficient (Wildman–Crippen LogP) is 0.947. The lowest BCUT2D eigenvalue weighted by molar-refractivity contribution is -0.122. The fraction of sp³-hybridized carbons (Fsp3) is 0.500. The lowest BCUT2D eigenvalue weighted by Crippen LogP contribution is -2.46. The van der Waals surface area contributed by atoms with E-state index in [1.54, 1.807) is 0 Å². The van der Waals surface area contributed by atoms with Crippen molar-refractivity contribution in [2.75, 3.05) is 6.54 Å². The Morgan fingerprint density at radius 1 is 1.40 bits per heavy atom. The second-order valence-corrected chi connectivity index (χ2v) is 5.52. The van der Waals surface area contributed by atoms with Gasteiger partial charge in [0.2, 0.25) is 5.91 Å².